The van der Waals surface area contributed by atoms with Crippen LogP contribution in [0.1, 0.15) is 10.4 Å². The zero-order chi connectivity index (χ0) is 18.7. The van der Waals surface area contributed by atoms with Gasteiger partial charge in [0.2, 0.25) is 0 Å². The van der Waals surface area contributed by atoms with E-state index in [1.165, 1.54) is 11.3 Å². The SMILES string of the molecule is COc1ccc2sc(N(CCN(C)C)C(=O)c3cccc(Cl)c3)nc2c1. The molecule has 0 aliphatic heterocycles. The molecule has 1 amide bonds. The molecule has 3 aromatic rings. The van der Waals surface area contributed by atoms with Gasteiger partial charge in [0.05, 0.1) is 17.3 Å². The Morgan fingerprint density at radius 3 is 2.69 bits per heavy atom. The minimum absolute atomic E-state index is 0.111. The number of hydrogen-bond acceptors (Lipinski definition) is 5. The standard InChI is InChI=1S/C19H20ClN3O2S/c1-22(2)9-10-23(18(24)13-5-4-6-14(20)11-13)19-21-16-12-15(25-3)7-8-17(16)26-19/h4-8,11-12H,9-10H2,1-3H3. The van der Waals surface area contributed by atoms with E-state index in [1.807, 2.05) is 37.2 Å². The highest BCUT2D eigenvalue weighted by atomic mass is 35.5. The molecule has 3 rings (SSSR count). The van der Waals surface area contributed by atoms with Crippen molar-refractivity contribution < 1.29 is 9.53 Å². The molecule has 0 bridgehead atoms. The minimum Gasteiger partial charge on any atom is -0.497 e. The van der Waals surface area contributed by atoms with Gasteiger partial charge in [-0.2, -0.15) is 0 Å². The van der Waals surface area contributed by atoms with Crippen LogP contribution < -0.4 is 9.64 Å². The van der Waals surface area contributed by atoms with Crippen LogP contribution in [0.25, 0.3) is 10.2 Å². The first-order valence-corrected chi connectivity index (χ1v) is 9.34. The Morgan fingerprint density at radius 1 is 1.19 bits per heavy atom. The summed E-state index contributed by atoms with van der Waals surface area (Å²) < 4.78 is 6.27. The highest BCUT2D eigenvalue weighted by Crippen LogP contribution is 2.32. The molecule has 2 aromatic carbocycles. The Hall–Kier alpha value is -2.15. The van der Waals surface area contributed by atoms with Crippen molar-refractivity contribution >= 4 is 44.2 Å². The van der Waals surface area contributed by atoms with Crippen molar-refractivity contribution in [2.45, 2.75) is 0 Å². The van der Waals surface area contributed by atoms with Crippen LogP contribution in [0.2, 0.25) is 5.02 Å². The van der Waals surface area contributed by atoms with Gasteiger partial charge in [-0.05, 0) is 44.4 Å². The van der Waals surface area contributed by atoms with E-state index in [9.17, 15) is 4.79 Å². The molecule has 0 radical (unpaired) electrons. The second-order valence-corrected chi connectivity index (χ2v) is 7.55. The third kappa shape index (κ3) is 4.15. The predicted octanol–water partition coefficient (Wildman–Crippen LogP) is 4.17. The van der Waals surface area contributed by atoms with Crippen LogP contribution in [-0.2, 0) is 0 Å². The van der Waals surface area contributed by atoms with Crippen LogP contribution in [0.15, 0.2) is 42.5 Å². The average Bonchev–Trinajstić information content (AvgIpc) is 3.04. The Bertz CT molecular complexity index is 926. The summed E-state index contributed by atoms with van der Waals surface area (Å²) in [5, 5.41) is 1.21. The maximum atomic E-state index is 13.1. The molecule has 0 spiro atoms. The molecule has 0 atom stereocenters. The molecule has 0 saturated carbocycles. The number of hydrogen-bond donors (Lipinski definition) is 0. The zero-order valence-corrected chi connectivity index (χ0v) is 16.5. The van der Waals surface area contributed by atoms with Gasteiger partial charge in [-0.1, -0.05) is 29.0 Å². The van der Waals surface area contributed by atoms with Crippen molar-refractivity contribution in [1.29, 1.82) is 0 Å². The second-order valence-electron chi connectivity index (χ2n) is 6.10. The summed E-state index contributed by atoms with van der Waals surface area (Å²) in [5.41, 5.74) is 1.37. The van der Waals surface area contributed by atoms with Crippen molar-refractivity contribution in [3.05, 3.63) is 53.1 Å². The van der Waals surface area contributed by atoms with E-state index in [0.717, 1.165) is 22.5 Å². The molecule has 136 valence electrons. The minimum atomic E-state index is -0.111. The zero-order valence-electron chi connectivity index (χ0n) is 14.9. The molecule has 0 aliphatic rings. The number of nitrogens with zero attached hydrogens (tertiary/aromatic N) is 3. The summed E-state index contributed by atoms with van der Waals surface area (Å²) in [7, 11) is 5.58. The first kappa shape index (κ1) is 18.6. The molecule has 0 aliphatic carbocycles. The molecule has 0 N–H and O–H groups in total. The second kappa shape index (κ2) is 8.03. The van der Waals surface area contributed by atoms with E-state index in [4.69, 9.17) is 16.3 Å². The van der Waals surface area contributed by atoms with Gasteiger partial charge < -0.3 is 9.64 Å². The Morgan fingerprint density at radius 2 is 2.00 bits per heavy atom. The van der Waals surface area contributed by atoms with E-state index in [0.29, 0.717) is 22.3 Å². The Balaban J connectivity index is 1.98. The number of benzene rings is 2. The van der Waals surface area contributed by atoms with Gasteiger partial charge in [-0.15, -0.1) is 0 Å². The monoisotopic (exact) mass is 389 g/mol. The van der Waals surface area contributed by atoms with Crippen LogP contribution in [0.4, 0.5) is 5.13 Å². The van der Waals surface area contributed by atoms with Crippen LogP contribution >= 0.6 is 22.9 Å². The Labute approximate surface area is 161 Å². The number of rotatable bonds is 6. The lowest BCUT2D eigenvalue weighted by Gasteiger charge is -2.22. The van der Waals surface area contributed by atoms with Gasteiger partial charge in [-0.25, -0.2) is 4.98 Å². The first-order valence-electron chi connectivity index (χ1n) is 8.14. The number of thiazole rings is 1. The third-order valence-electron chi connectivity index (χ3n) is 3.90. The van der Waals surface area contributed by atoms with Gasteiger partial charge in [0.1, 0.15) is 5.75 Å². The molecule has 0 saturated heterocycles. The van der Waals surface area contributed by atoms with Crippen molar-refractivity contribution in [2.24, 2.45) is 0 Å². The fraction of sp³-hybridized carbons (Fsp3) is 0.263. The molecule has 0 unspecified atom stereocenters. The summed E-state index contributed by atoms with van der Waals surface area (Å²) in [4.78, 5) is 21.5. The van der Waals surface area contributed by atoms with Crippen molar-refractivity contribution in [2.75, 3.05) is 39.2 Å². The molecule has 1 aromatic heterocycles. The Kier molecular flexibility index (Phi) is 5.76. The fourth-order valence-corrected chi connectivity index (χ4v) is 3.66. The lowest BCUT2D eigenvalue weighted by molar-refractivity contribution is 0.0985. The first-order chi connectivity index (χ1) is 12.5. The van der Waals surface area contributed by atoms with Crippen molar-refractivity contribution in [3.8, 4) is 5.75 Å². The number of fused-ring (bicyclic) bond motifs is 1. The van der Waals surface area contributed by atoms with Gasteiger partial charge >= 0.3 is 0 Å². The normalized spacial score (nSPS) is 11.1. The maximum absolute atomic E-state index is 13.1. The molecule has 1 heterocycles. The number of carbonyl (C=O) groups excluding carboxylic acids is 1. The number of aromatic nitrogens is 1. The van der Waals surface area contributed by atoms with Crippen LogP contribution in [0.5, 0.6) is 5.75 Å². The topological polar surface area (TPSA) is 45.7 Å². The summed E-state index contributed by atoms with van der Waals surface area (Å²) in [5.74, 6) is 0.635. The van der Waals surface area contributed by atoms with Crippen LogP contribution in [-0.4, -0.2) is 50.1 Å². The largest absolute Gasteiger partial charge is 0.497 e. The lowest BCUT2D eigenvalue weighted by Crippen LogP contribution is -2.36. The number of halogens is 1. The smallest absolute Gasteiger partial charge is 0.260 e. The van der Waals surface area contributed by atoms with Crippen LogP contribution in [0.3, 0.4) is 0 Å². The third-order valence-corrected chi connectivity index (χ3v) is 5.20. The number of carbonyl (C=O) groups is 1. The number of ether oxygens (including phenoxy) is 1. The van der Waals surface area contributed by atoms with Gasteiger partial charge in [0, 0.05) is 29.7 Å². The van der Waals surface area contributed by atoms with Gasteiger partial charge in [0.25, 0.3) is 5.91 Å². The van der Waals surface area contributed by atoms with Gasteiger partial charge in [-0.3, -0.25) is 9.69 Å². The lowest BCUT2D eigenvalue weighted by atomic mass is 10.2. The summed E-state index contributed by atoms with van der Waals surface area (Å²) in [6.07, 6.45) is 0. The number of amides is 1. The van der Waals surface area contributed by atoms with E-state index < -0.39 is 0 Å². The number of methoxy groups -OCH3 is 1. The summed E-state index contributed by atoms with van der Waals surface area (Å²) >= 11 is 7.55. The average molecular weight is 390 g/mol. The quantitative estimate of drug-likeness (QED) is 0.634. The summed E-state index contributed by atoms with van der Waals surface area (Å²) in [6.45, 7) is 1.26. The van der Waals surface area contributed by atoms with E-state index >= 15 is 0 Å². The van der Waals surface area contributed by atoms with Crippen molar-refractivity contribution in [1.82, 2.24) is 9.88 Å². The maximum Gasteiger partial charge on any atom is 0.260 e. The number of likely N-dealkylation sites (N-methyl/N-ethyl adjacent to an activating group) is 1. The number of anilines is 1. The molecule has 26 heavy (non-hydrogen) atoms. The molecular weight excluding hydrogens is 370 g/mol. The van der Waals surface area contributed by atoms with E-state index in [-0.39, 0.29) is 5.91 Å². The van der Waals surface area contributed by atoms with E-state index in [2.05, 4.69) is 4.98 Å². The van der Waals surface area contributed by atoms with E-state index in [1.54, 1.807) is 36.3 Å². The molecular formula is C19H20ClN3O2S. The van der Waals surface area contributed by atoms with Crippen molar-refractivity contribution in [3.63, 3.8) is 0 Å². The fourth-order valence-electron chi connectivity index (χ4n) is 2.50. The van der Waals surface area contributed by atoms with Crippen LogP contribution in [0, 0.1) is 0 Å². The summed E-state index contributed by atoms with van der Waals surface area (Å²) in [6, 6.07) is 12.7. The molecule has 5 nitrogen and oxygen atoms in total. The molecule has 0 fully saturated rings. The highest BCUT2D eigenvalue weighted by molar-refractivity contribution is 7.22. The predicted molar refractivity (Wildman–Crippen MR) is 108 cm³/mol. The highest BCUT2D eigenvalue weighted by Gasteiger charge is 2.21. The van der Waals surface area contributed by atoms with Gasteiger partial charge in [0.15, 0.2) is 5.13 Å². The molecule has 7 heteroatoms.